The van der Waals surface area contributed by atoms with Crippen LogP contribution in [0.25, 0.3) is 0 Å². The van der Waals surface area contributed by atoms with Gasteiger partial charge in [0, 0.05) is 19.1 Å². The summed E-state index contributed by atoms with van der Waals surface area (Å²) in [5.41, 5.74) is 1.01. The Morgan fingerprint density at radius 3 is 2.54 bits per heavy atom. The van der Waals surface area contributed by atoms with Crippen molar-refractivity contribution in [2.24, 2.45) is 11.8 Å². The van der Waals surface area contributed by atoms with E-state index < -0.39 is 5.92 Å². The van der Waals surface area contributed by atoms with Crippen molar-refractivity contribution in [2.75, 3.05) is 20.3 Å². The number of aliphatic hydroxyl groups is 1. The second-order valence-electron chi connectivity index (χ2n) is 6.47. The lowest BCUT2D eigenvalue weighted by molar-refractivity contribution is -0.148. The Morgan fingerprint density at radius 2 is 1.92 bits per heavy atom. The van der Waals surface area contributed by atoms with Crippen LogP contribution in [0.1, 0.15) is 24.8 Å². The number of hydrogen-bond donors (Lipinski definition) is 1. The minimum Gasteiger partial charge on any atom is -0.493 e. The van der Waals surface area contributed by atoms with Gasteiger partial charge < -0.3 is 14.7 Å². The van der Waals surface area contributed by atoms with E-state index in [1.165, 1.54) is 7.11 Å². The summed E-state index contributed by atoms with van der Waals surface area (Å²) in [5.74, 6) is -0.956. The number of benzene rings is 1. The number of methoxy groups -OCH3 is 1. The molecule has 5 nitrogen and oxygen atoms in total. The summed E-state index contributed by atoms with van der Waals surface area (Å²) in [6.45, 7) is 2.55. The van der Waals surface area contributed by atoms with E-state index >= 15 is 0 Å². The molecule has 2 bridgehead atoms. The number of ketones is 1. The molecule has 2 heterocycles. The van der Waals surface area contributed by atoms with Gasteiger partial charge >= 0.3 is 0 Å². The van der Waals surface area contributed by atoms with Crippen LogP contribution in [-0.2, 0) is 14.3 Å². The first kappa shape index (κ1) is 16.7. The van der Waals surface area contributed by atoms with Crippen molar-refractivity contribution in [1.29, 1.82) is 0 Å². The maximum absolute atomic E-state index is 13.0. The normalized spacial score (nSPS) is 29.5. The van der Waals surface area contributed by atoms with Crippen LogP contribution in [0.15, 0.2) is 42.2 Å². The van der Waals surface area contributed by atoms with E-state index in [0.29, 0.717) is 13.0 Å². The third kappa shape index (κ3) is 2.63. The molecule has 1 aromatic rings. The monoisotopic (exact) mass is 329 g/mol. The van der Waals surface area contributed by atoms with Crippen molar-refractivity contribution < 1.29 is 19.4 Å². The van der Waals surface area contributed by atoms with E-state index in [2.05, 4.69) is 6.92 Å². The average Bonchev–Trinajstić information content (AvgIpc) is 2.77. The highest BCUT2D eigenvalue weighted by molar-refractivity contribution is 6.11. The second-order valence-corrected chi connectivity index (χ2v) is 6.47. The molecule has 2 aliphatic heterocycles. The maximum atomic E-state index is 13.0. The summed E-state index contributed by atoms with van der Waals surface area (Å²) in [4.78, 5) is 27.7. The zero-order chi connectivity index (χ0) is 17.3. The number of piperidine rings is 1. The van der Waals surface area contributed by atoms with Crippen molar-refractivity contribution in [1.82, 2.24) is 4.90 Å². The molecule has 1 N–H and O–H groups in total. The Kier molecular flexibility index (Phi) is 4.71. The van der Waals surface area contributed by atoms with Gasteiger partial charge in [0.25, 0.3) is 0 Å². The summed E-state index contributed by atoms with van der Waals surface area (Å²) >= 11 is 0. The van der Waals surface area contributed by atoms with Gasteiger partial charge in [-0.25, -0.2) is 0 Å². The molecule has 128 valence electrons. The molecule has 1 amide bonds. The molecular formula is C19H23NO4. The Bertz CT molecular complexity index is 655. The van der Waals surface area contributed by atoms with Crippen molar-refractivity contribution in [2.45, 2.75) is 25.3 Å². The van der Waals surface area contributed by atoms with Gasteiger partial charge in [-0.15, -0.1) is 0 Å². The van der Waals surface area contributed by atoms with Crippen LogP contribution < -0.4 is 0 Å². The molecule has 0 radical (unpaired) electrons. The van der Waals surface area contributed by atoms with Crippen LogP contribution in [0.4, 0.5) is 0 Å². The van der Waals surface area contributed by atoms with E-state index in [0.717, 1.165) is 5.56 Å². The van der Waals surface area contributed by atoms with Gasteiger partial charge in [0.15, 0.2) is 5.76 Å². The molecule has 0 saturated carbocycles. The Labute approximate surface area is 141 Å². The topological polar surface area (TPSA) is 66.8 Å². The smallest absolute Gasteiger partial charge is 0.234 e. The maximum Gasteiger partial charge on any atom is 0.234 e. The Hall–Kier alpha value is -2.14. The third-order valence-electron chi connectivity index (χ3n) is 5.18. The minimum atomic E-state index is -0.758. The van der Waals surface area contributed by atoms with Gasteiger partial charge in [-0.3, -0.25) is 9.59 Å². The van der Waals surface area contributed by atoms with Gasteiger partial charge in [-0.05, 0) is 24.0 Å². The van der Waals surface area contributed by atoms with Crippen molar-refractivity contribution in [3.05, 3.63) is 47.7 Å². The number of carbonyl (C=O) groups is 2. The van der Waals surface area contributed by atoms with Gasteiger partial charge in [0.1, 0.15) is 5.92 Å². The van der Waals surface area contributed by atoms with Crippen molar-refractivity contribution in [3.8, 4) is 0 Å². The van der Waals surface area contributed by atoms with E-state index in [4.69, 9.17) is 9.84 Å². The standard InChI is InChI=1S/C19H23NO4/c1-12-14-11-15(24-2)18(22)17(19(23)20(14)9-6-10-21)16(12)13-7-4-3-5-8-13/h3-5,7-8,11-12,14,16-17,21H,6,9-10H2,1-2H3/t12-,14-,16-,17-/m0/s1. The van der Waals surface area contributed by atoms with Crippen LogP contribution in [0, 0.1) is 11.8 Å². The first-order valence-electron chi connectivity index (χ1n) is 8.36. The van der Waals surface area contributed by atoms with Crippen LogP contribution in [0.5, 0.6) is 0 Å². The van der Waals surface area contributed by atoms with Gasteiger partial charge in [0.2, 0.25) is 11.7 Å². The number of allylic oxidation sites excluding steroid dienone is 1. The first-order chi connectivity index (χ1) is 11.6. The second kappa shape index (κ2) is 6.77. The molecule has 0 spiro atoms. The average molecular weight is 329 g/mol. The SMILES string of the molecule is COC1=C[C@H]2[C@H](C)[C@@H](c3ccccc3)[C@@H](C1=O)C(=O)N2CCCO. The van der Waals surface area contributed by atoms with E-state index in [1.54, 1.807) is 11.0 Å². The molecule has 1 fully saturated rings. The number of nitrogens with zero attached hydrogens (tertiary/aromatic N) is 1. The number of fused-ring (bicyclic) bond motifs is 3. The highest BCUT2D eigenvalue weighted by atomic mass is 16.5. The Balaban J connectivity index is 2.06. The summed E-state index contributed by atoms with van der Waals surface area (Å²) in [6.07, 6.45) is 2.28. The zero-order valence-electron chi connectivity index (χ0n) is 14.0. The zero-order valence-corrected chi connectivity index (χ0v) is 14.0. The number of amides is 1. The molecule has 1 saturated heterocycles. The van der Waals surface area contributed by atoms with Crippen molar-refractivity contribution >= 4 is 11.7 Å². The minimum absolute atomic E-state index is 0.0203. The lowest BCUT2D eigenvalue weighted by Gasteiger charge is -2.44. The number of carbonyl (C=O) groups excluding carboxylic acids is 2. The fraction of sp³-hybridized carbons (Fsp3) is 0.474. The van der Waals surface area contributed by atoms with E-state index in [1.807, 2.05) is 30.3 Å². The number of hydrogen-bond acceptors (Lipinski definition) is 4. The van der Waals surface area contributed by atoms with Gasteiger partial charge in [0.05, 0.1) is 13.2 Å². The molecule has 24 heavy (non-hydrogen) atoms. The van der Waals surface area contributed by atoms with Gasteiger partial charge in [-0.2, -0.15) is 0 Å². The lowest BCUT2D eigenvalue weighted by atomic mass is 9.70. The summed E-state index contributed by atoms with van der Waals surface area (Å²) < 4.78 is 5.28. The molecule has 1 aromatic carbocycles. The first-order valence-corrected chi connectivity index (χ1v) is 8.36. The molecule has 4 atom stereocenters. The largest absolute Gasteiger partial charge is 0.493 e. The summed E-state index contributed by atoms with van der Waals surface area (Å²) in [5, 5.41) is 9.12. The quantitative estimate of drug-likeness (QED) is 0.836. The van der Waals surface area contributed by atoms with Crippen molar-refractivity contribution in [3.63, 3.8) is 0 Å². The molecule has 1 aliphatic carbocycles. The third-order valence-corrected chi connectivity index (χ3v) is 5.18. The van der Waals surface area contributed by atoms with Crippen LogP contribution >= 0.6 is 0 Å². The number of aliphatic hydroxyl groups excluding tert-OH is 1. The Morgan fingerprint density at radius 1 is 1.21 bits per heavy atom. The molecular weight excluding hydrogens is 306 g/mol. The predicted octanol–water partition coefficient (Wildman–Crippen LogP) is 1.73. The number of rotatable bonds is 5. The van der Waals surface area contributed by atoms with Crippen LogP contribution in [-0.4, -0.2) is 48.0 Å². The molecule has 0 aromatic heterocycles. The summed E-state index contributed by atoms with van der Waals surface area (Å²) in [7, 11) is 1.47. The van der Waals surface area contributed by atoms with Crippen LogP contribution in [0.3, 0.4) is 0 Å². The summed E-state index contributed by atoms with van der Waals surface area (Å²) in [6, 6.07) is 9.55. The van der Waals surface area contributed by atoms with Gasteiger partial charge in [-0.1, -0.05) is 37.3 Å². The molecule has 3 aliphatic rings. The van der Waals surface area contributed by atoms with Crippen LogP contribution in [0.2, 0.25) is 0 Å². The fourth-order valence-corrected chi connectivity index (χ4v) is 4.03. The highest BCUT2D eigenvalue weighted by Crippen LogP contribution is 2.45. The van der Waals surface area contributed by atoms with E-state index in [9.17, 15) is 9.59 Å². The fourth-order valence-electron chi connectivity index (χ4n) is 4.03. The molecule has 5 heteroatoms. The number of Topliss-reactive ketones (excluding diaryl/α,β-unsaturated/α-hetero) is 1. The predicted molar refractivity (Wildman–Crippen MR) is 89.1 cm³/mol. The number of ether oxygens (including phenoxy) is 1. The molecule has 4 rings (SSSR count). The molecule has 0 unspecified atom stereocenters. The lowest BCUT2D eigenvalue weighted by Crippen LogP contribution is -2.55. The highest BCUT2D eigenvalue weighted by Gasteiger charge is 2.53. The van der Waals surface area contributed by atoms with E-state index in [-0.39, 0.29) is 41.9 Å².